The van der Waals surface area contributed by atoms with E-state index in [0.29, 0.717) is 6.42 Å². The summed E-state index contributed by atoms with van der Waals surface area (Å²) >= 11 is 0. The summed E-state index contributed by atoms with van der Waals surface area (Å²) in [5, 5.41) is 0. The highest BCUT2D eigenvalue weighted by Crippen LogP contribution is 2.33. The molecule has 2 heteroatoms. The fourth-order valence-electron chi connectivity index (χ4n) is 3.37. The van der Waals surface area contributed by atoms with Crippen LogP contribution in [0.4, 0.5) is 0 Å². The Morgan fingerprint density at radius 1 is 1.00 bits per heavy atom. The van der Waals surface area contributed by atoms with Crippen molar-refractivity contribution in [3.8, 4) is 0 Å². The number of rotatable bonds is 5. The van der Waals surface area contributed by atoms with Gasteiger partial charge in [-0.3, -0.25) is 9.79 Å². The molecule has 0 saturated carbocycles. The summed E-state index contributed by atoms with van der Waals surface area (Å²) in [6.45, 7) is 4.38. The molecule has 0 unspecified atom stereocenters. The number of hydrogen-bond donors (Lipinski definition) is 0. The van der Waals surface area contributed by atoms with E-state index in [2.05, 4.69) is 32.0 Å². The van der Waals surface area contributed by atoms with Gasteiger partial charge in [0, 0.05) is 5.56 Å². The smallest absolute Gasteiger partial charge is 0.168 e. The molecule has 0 spiro atoms. The van der Waals surface area contributed by atoms with Gasteiger partial charge in [-0.1, -0.05) is 68.4 Å². The summed E-state index contributed by atoms with van der Waals surface area (Å²) in [5.74, 6) is 0.141. The summed E-state index contributed by atoms with van der Waals surface area (Å²) in [7, 11) is 0. The van der Waals surface area contributed by atoms with Gasteiger partial charge in [0.1, 0.15) is 0 Å². The van der Waals surface area contributed by atoms with Crippen LogP contribution in [-0.2, 0) is 6.42 Å². The summed E-state index contributed by atoms with van der Waals surface area (Å²) in [5.41, 5.74) is 4.12. The second-order valence-electron chi connectivity index (χ2n) is 6.29. The van der Waals surface area contributed by atoms with Gasteiger partial charge < -0.3 is 0 Å². The Bertz CT molecular complexity index is 727. The number of aliphatic imine (C=N–C) groups is 1. The first-order valence-electron chi connectivity index (χ1n) is 8.42. The molecule has 2 aromatic rings. The SMILES string of the molecule is CCC1(CC)Cc2ccccc2C(CC(=O)c2ccccc2)=N1. The number of Topliss-reactive ketones (excluding diaryl/α,β-unsaturated/α-hetero) is 1. The number of hydrogen-bond acceptors (Lipinski definition) is 2. The molecule has 0 N–H and O–H groups in total. The lowest BCUT2D eigenvalue weighted by Crippen LogP contribution is -2.34. The average molecular weight is 305 g/mol. The second kappa shape index (κ2) is 6.49. The molecule has 1 aliphatic rings. The van der Waals surface area contributed by atoms with E-state index in [-0.39, 0.29) is 11.3 Å². The van der Waals surface area contributed by atoms with E-state index in [1.807, 2.05) is 36.4 Å². The van der Waals surface area contributed by atoms with Crippen LogP contribution in [0.5, 0.6) is 0 Å². The van der Waals surface area contributed by atoms with E-state index in [1.54, 1.807) is 0 Å². The molecule has 0 atom stereocenters. The Hall–Kier alpha value is -2.22. The molecular weight excluding hydrogens is 282 g/mol. The van der Waals surface area contributed by atoms with Gasteiger partial charge in [0.2, 0.25) is 0 Å². The van der Waals surface area contributed by atoms with E-state index in [4.69, 9.17) is 4.99 Å². The minimum atomic E-state index is -0.0549. The van der Waals surface area contributed by atoms with E-state index in [9.17, 15) is 4.79 Å². The lowest BCUT2D eigenvalue weighted by molar-refractivity contribution is 0.100. The van der Waals surface area contributed by atoms with Crippen LogP contribution < -0.4 is 0 Å². The molecule has 23 heavy (non-hydrogen) atoms. The molecule has 0 saturated heterocycles. The lowest BCUT2D eigenvalue weighted by Gasteiger charge is -2.34. The molecule has 0 fully saturated rings. The molecule has 118 valence electrons. The Labute approximate surface area is 138 Å². The number of carbonyl (C=O) groups excluding carboxylic acids is 1. The van der Waals surface area contributed by atoms with E-state index in [1.165, 1.54) is 5.56 Å². The highest BCUT2D eigenvalue weighted by atomic mass is 16.1. The third kappa shape index (κ3) is 3.12. The highest BCUT2D eigenvalue weighted by Gasteiger charge is 2.32. The topological polar surface area (TPSA) is 29.4 Å². The maximum atomic E-state index is 12.6. The molecule has 3 rings (SSSR count). The zero-order chi connectivity index (χ0) is 16.3. The van der Waals surface area contributed by atoms with E-state index in [0.717, 1.165) is 36.1 Å². The monoisotopic (exact) mass is 305 g/mol. The summed E-state index contributed by atoms with van der Waals surface area (Å²) in [4.78, 5) is 17.7. The van der Waals surface area contributed by atoms with Crippen LogP contribution in [0, 0.1) is 0 Å². The quantitative estimate of drug-likeness (QED) is 0.725. The standard InChI is InChI=1S/C21H23NO/c1-3-21(4-2)15-17-12-8-9-13-18(17)19(22-21)14-20(23)16-10-6-5-7-11-16/h5-13H,3-4,14-15H2,1-2H3. The third-order valence-corrected chi connectivity index (χ3v) is 4.96. The fraction of sp³-hybridized carbons (Fsp3) is 0.333. The van der Waals surface area contributed by atoms with Crippen LogP contribution in [0.1, 0.15) is 54.6 Å². The molecule has 0 aliphatic carbocycles. The molecule has 2 nitrogen and oxygen atoms in total. The van der Waals surface area contributed by atoms with Gasteiger partial charge in [-0.15, -0.1) is 0 Å². The Morgan fingerprint density at radius 3 is 2.35 bits per heavy atom. The Morgan fingerprint density at radius 2 is 1.65 bits per heavy atom. The van der Waals surface area contributed by atoms with Crippen molar-refractivity contribution in [2.24, 2.45) is 4.99 Å². The molecule has 1 heterocycles. The zero-order valence-corrected chi connectivity index (χ0v) is 13.9. The predicted octanol–water partition coefficient (Wildman–Crippen LogP) is 4.86. The number of nitrogens with zero attached hydrogens (tertiary/aromatic N) is 1. The van der Waals surface area contributed by atoms with Crippen molar-refractivity contribution in [1.82, 2.24) is 0 Å². The molecular formula is C21H23NO. The van der Waals surface area contributed by atoms with Crippen LogP contribution >= 0.6 is 0 Å². The van der Waals surface area contributed by atoms with Gasteiger partial charge in [0.25, 0.3) is 0 Å². The fourth-order valence-corrected chi connectivity index (χ4v) is 3.37. The highest BCUT2D eigenvalue weighted by molar-refractivity contribution is 6.16. The van der Waals surface area contributed by atoms with Crippen molar-refractivity contribution in [3.05, 3.63) is 71.3 Å². The molecule has 0 aromatic heterocycles. The zero-order valence-electron chi connectivity index (χ0n) is 13.9. The molecule has 0 amide bonds. The minimum Gasteiger partial charge on any atom is -0.294 e. The van der Waals surface area contributed by atoms with Crippen LogP contribution in [0.25, 0.3) is 0 Å². The maximum absolute atomic E-state index is 12.6. The van der Waals surface area contributed by atoms with Crippen molar-refractivity contribution in [2.75, 3.05) is 0 Å². The van der Waals surface area contributed by atoms with Crippen molar-refractivity contribution < 1.29 is 4.79 Å². The first-order valence-corrected chi connectivity index (χ1v) is 8.42. The van der Waals surface area contributed by atoms with Gasteiger partial charge in [-0.2, -0.15) is 0 Å². The third-order valence-electron chi connectivity index (χ3n) is 4.96. The van der Waals surface area contributed by atoms with Crippen molar-refractivity contribution >= 4 is 11.5 Å². The van der Waals surface area contributed by atoms with Crippen molar-refractivity contribution in [1.29, 1.82) is 0 Å². The number of benzene rings is 2. The van der Waals surface area contributed by atoms with Crippen LogP contribution in [0.3, 0.4) is 0 Å². The maximum Gasteiger partial charge on any atom is 0.168 e. The van der Waals surface area contributed by atoms with Crippen LogP contribution in [0.15, 0.2) is 59.6 Å². The van der Waals surface area contributed by atoms with Crippen molar-refractivity contribution in [3.63, 3.8) is 0 Å². The first kappa shape index (κ1) is 15.7. The van der Waals surface area contributed by atoms with Crippen molar-refractivity contribution in [2.45, 2.75) is 45.1 Å². The number of carbonyl (C=O) groups is 1. The normalized spacial score (nSPS) is 15.7. The molecule has 1 aliphatic heterocycles. The van der Waals surface area contributed by atoms with Gasteiger partial charge in [-0.25, -0.2) is 0 Å². The lowest BCUT2D eigenvalue weighted by atomic mass is 9.80. The largest absolute Gasteiger partial charge is 0.294 e. The number of fused-ring (bicyclic) bond motifs is 1. The van der Waals surface area contributed by atoms with Crippen LogP contribution in [0.2, 0.25) is 0 Å². The molecule has 2 aromatic carbocycles. The Balaban J connectivity index is 1.97. The van der Waals surface area contributed by atoms with E-state index >= 15 is 0 Å². The predicted molar refractivity (Wildman–Crippen MR) is 95.4 cm³/mol. The second-order valence-corrected chi connectivity index (χ2v) is 6.29. The minimum absolute atomic E-state index is 0.0549. The van der Waals surface area contributed by atoms with Gasteiger partial charge >= 0.3 is 0 Å². The van der Waals surface area contributed by atoms with Gasteiger partial charge in [0.05, 0.1) is 17.7 Å². The molecule has 0 radical (unpaired) electrons. The number of ketones is 1. The summed E-state index contributed by atoms with van der Waals surface area (Å²) < 4.78 is 0. The van der Waals surface area contributed by atoms with Gasteiger partial charge in [-0.05, 0) is 30.4 Å². The van der Waals surface area contributed by atoms with Gasteiger partial charge in [0.15, 0.2) is 5.78 Å². The average Bonchev–Trinajstić information content (AvgIpc) is 2.62. The molecule has 0 bridgehead atoms. The summed E-state index contributed by atoms with van der Waals surface area (Å²) in [6, 6.07) is 17.9. The Kier molecular flexibility index (Phi) is 4.42. The van der Waals surface area contributed by atoms with E-state index < -0.39 is 0 Å². The van der Waals surface area contributed by atoms with Crippen LogP contribution in [-0.4, -0.2) is 17.0 Å². The summed E-state index contributed by atoms with van der Waals surface area (Å²) in [6.07, 6.45) is 3.35. The first-order chi connectivity index (χ1) is 11.2.